The Balaban J connectivity index is 2.13. The molecule has 0 amide bonds. The Kier molecular flexibility index (Phi) is 5.17. The van der Waals surface area contributed by atoms with Crippen LogP contribution >= 0.6 is 23.2 Å². The Bertz CT molecular complexity index is 614. The molecule has 0 unspecified atom stereocenters. The summed E-state index contributed by atoms with van der Waals surface area (Å²) in [6.45, 7) is 0.786. The molecule has 0 aliphatic carbocycles. The van der Waals surface area contributed by atoms with Crippen LogP contribution in [0.1, 0.15) is 5.56 Å². The molecule has 0 aromatic heterocycles. The number of halogens is 2. The summed E-state index contributed by atoms with van der Waals surface area (Å²) in [6.07, 6.45) is 5.21. The van der Waals surface area contributed by atoms with Crippen LogP contribution in [0, 0.1) is 12.3 Å². The van der Waals surface area contributed by atoms with Crippen molar-refractivity contribution in [1.82, 2.24) is 0 Å². The normalized spacial score (nSPS) is 9.85. The SMILES string of the molecule is C#CCOc1ccccc1CNc1c(Cl)cccc1Cl. The number of benzene rings is 2. The Labute approximate surface area is 128 Å². The summed E-state index contributed by atoms with van der Waals surface area (Å²) in [7, 11) is 0. The summed E-state index contributed by atoms with van der Waals surface area (Å²) in [4.78, 5) is 0. The third kappa shape index (κ3) is 3.60. The molecule has 0 aliphatic heterocycles. The van der Waals surface area contributed by atoms with E-state index in [-0.39, 0.29) is 6.61 Å². The van der Waals surface area contributed by atoms with Crippen molar-refractivity contribution in [2.75, 3.05) is 11.9 Å². The van der Waals surface area contributed by atoms with Crippen LogP contribution in [0.2, 0.25) is 10.0 Å². The first-order valence-corrected chi connectivity index (χ1v) is 6.80. The molecule has 0 bridgehead atoms. The number of nitrogens with one attached hydrogen (secondary N) is 1. The average Bonchev–Trinajstić information content (AvgIpc) is 2.45. The summed E-state index contributed by atoms with van der Waals surface area (Å²) in [6, 6.07) is 13.1. The van der Waals surface area contributed by atoms with E-state index in [2.05, 4.69) is 11.2 Å². The fourth-order valence-electron chi connectivity index (χ4n) is 1.76. The molecule has 0 aliphatic rings. The molecule has 2 aromatic rings. The molecular formula is C16H13Cl2NO. The van der Waals surface area contributed by atoms with Gasteiger partial charge in [0.05, 0.1) is 15.7 Å². The van der Waals surface area contributed by atoms with Gasteiger partial charge in [0.2, 0.25) is 0 Å². The molecule has 0 heterocycles. The van der Waals surface area contributed by atoms with Crippen LogP contribution in [-0.2, 0) is 6.54 Å². The maximum atomic E-state index is 6.11. The van der Waals surface area contributed by atoms with E-state index in [0.29, 0.717) is 22.3 Å². The van der Waals surface area contributed by atoms with E-state index in [4.69, 9.17) is 34.4 Å². The molecule has 0 spiro atoms. The standard InChI is InChI=1S/C16H13Cl2NO/c1-2-10-20-15-9-4-3-6-12(15)11-19-16-13(17)7-5-8-14(16)18/h1,3-9,19H,10-11H2. The summed E-state index contributed by atoms with van der Waals surface area (Å²) in [5, 5.41) is 4.38. The molecule has 102 valence electrons. The molecule has 0 saturated carbocycles. The third-order valence-electron chi connectivity index (χ3n) is 2.70. The van der Waals surface area contributed by atoms with Crippen LogP contribution < -0.4 is 10.1 Å². The zero-order chi connectivity index (χ0) is 14.4. The van der Waals surface area contributed by atoms with E-state index >= 15 is 0 Å². The number of para-hydroxylation sites is 2. The molecule has 1 N–H and O–H groups in total. The summed E-state index contributed by atoms with van der Waals surface area (Å²) >= 11 is 12.2. The van der Waals surface area contributed by atoms with Crippen LogP contribution in [0.5, 0.6) is 5.75 Å². The van der Waals surface area contributed by atoms with Crippen molar-refractivity contribution in [3.05, 3.63) is 58.1 Å². The van der Waals surface area contributed by atoms with Gasteiger partial charge < -0.3 is 10.1 Å². The maximum Gasteiger partial charge on any atom is 0.148 e. The second kappa shape index (κ2) is 7.09. The Hall–Kier alpha value is -1.82. The molecule has 4 heteroatoms. The zero-order valence-corrected chi connectivity index (χ0v) is 12.2. The topological polar surface area (TPSA) is 21.3 Å². The van der Waals surface area contributed by atoms with Crippen molar-refractivity contribution >= 4 is 28.9 Å². The smallest absolute Gasteiger partial charge is 0.148 e. The van der Waals surface area contributed by atoms with Crippen molar-refractivity contribution in [3.8, 4) is 18.1 Å². The fraction of sp³-hybridized carbons (Fsp3) is 0.125. The molecular weight excluding hydrogens is 293 g/mol. The van der Waals surface area contributed by atoms with Gasteiger partial charge in [0, 0.05) is 12.1 Å². The lowest BCUT2D eigenvalue weighted by Gasteiger charge is -2.13. The van der Waals surface area contributed by atoms with E-state index in [1.807, 2.05) is 24.3 Å². The molecule has 0 fully saturated rings. The number of terminal acetylenes is 1. The first-order valence-electron chi connectivity index (χ1n) is 6.04. The third-order valence-corrected chi connectivity index (χ3v) is 3.33. The van der Waals surface area contributed by atoms with Gasteiger partial charge in [-0.3, -0.25) is 0 Å². The van der Waals surface area contributed by atoms with E-state index in [1.165, 1.54) is 0 Å². The van der Waals surface area contributed by atoms with Gasteiger partial charge in [-0.1, -0.05) is 53.4 Å². The second-order valence-electron chi connectivity index (χ2n) is 4.05. The van der Waals surface area contributed by atoms with Crippen LogP contribution in [0.4, 0.5) is 5.69 Å². The number of anilines is 1. The van der Waals surface area contributed by atoms with E-state index < -0.39 is 0 Å². The van der Waals surface area contributed by atoms with Crippen molar-refractivity contribution in [3.63, 3.8) is 0 Å². The van der Waals surface area contributed by atoms with E-state index in [0.717, 1.165) is 11.3 Å². The zero-order valence-electron chi connectivity index (χ0n) is 10.7. The van der Waals surface area contributed by atoms with Gasteiger partial charge in [0.15, 0.2) is 0 Å². The highest BCUT2D eigenvalue weighted by atomic mass is 35.5. The molecule has 0 saturated heterocycles. The highest BCUT2D eigenvalue weighted by Gasteiger charge is 2.07. The first kappa shape index (κ1) is 14.6. The van der Waals surface area contributed by atoms with Gasteiger partial charge >= 0.3 is 0 Å². The molecule has 20 heavy (non-hydrogen) atoms. The Morgan fingerprint density at radius 1 is 1.05 bits per heavy atom. The Morgan fingerprint density at radius 3 is 2.45 bits per heavy atom. The number of hydrogen-bond donors (Lipinski definition) is 1. The van der Waals surface area contributed by atoms with Gasteiger partial charge in [-0.05, 0) is 18.2 Å². The quantitative estimate of drug-likeness (QED) is 0.814. The highest BCUT2D eigenvalue weighted by molar-refractivity contribution is 6.39. The number of rotatable bonds is 5. The minimum absolute atomic E-state index is 0.240. The van der Waals surface area contributed by atoms with Crippen molar-refractivity contribution in [2.45, 2.75) is 6.54 Å². The van der Waals surface area contributed by atoms with Gasteiger partial charge in [0.1, 0.15) is 12.4 Å². The van der Waals surface area contributed by atoms with Crippen molar-refractivity contribution in [2.24, 2.45) is 0 Å². The van der Waals surface area contributed by atoms with Crippen LogP contribution in [0.3, 0.4) is 0 Å². The molecule has 2 rings (SSSR count). The molecule has 0 atom stereocenters. The minimum Gasteiger partial charge on any atom is -0.481 e. The summed E-state index contributed by atoms with van der Waals surface area (Å²) in [5.41, 5.74) is 1.70. The van der Waals surface area contributed by atoms with E-state index in [1.54, 1.807) is 18.2 Å². The van der Waals surface area contributed by atoms with Crippen molar-refractivity contribution < 1.29 is 4.74 Å². The molecule has 2 nitrogen and oxygen atoms in total. The predicted molar refractivity (Wildman–Crippen MR) is 84.6 cm³/mol. The first-order chi connectivity index (χ1) is 9.72. The second-order valence-corrected chi connectivity index (χ2v) is 4.87. The minimum atomic E-state index is 0.240. The fourth-order valence-corrected chi connectivity index (χ4v) is 2.29. The average molecular weight is 306 g/mol. The summed E-state index contributed by atoms with van der Waals surface area (Å²) < 4.78 is 5.49. The van der Waals surface area contributed by atoms with Gasteiger partial charge in [-0.15, -0.1) is 6.42 Å². The predicted octanol–water partition coefficient (Wildman–Crippen LogP) is 4.62. The maximum absolute atomic E-state index is 6.11. The number of hydrogen-bond acceptors (Lipinski definition) is 2. The lowest BCUT2D eigenvalue weighted by molar-refractivity contribution is 0.366. The van der Waals surface area contributed by atoms with Crippen LogP contribution in [-0.4, -0.2) is 6.61 Å². The van der Waals surface area contributed by atoms with E-state index in [9.17, 15) is 0 Å². The number of ether oxygens (including phenoxy) is 1. The van der Waals surface area contributed by atoms with Crippen LogP contribution in [0.25, 0.3) is 0 Å². The largest absolute Gasteiger partial charge is 0.481 e. The molecule has 2 aromatic carbocycles. The van der Waals surface area contributed by atoms with Crippen LogP contribution in [0.15, 0.2) is 42.5 Å². The lowest BCUT2D eigenvalue weighted by Crippen LogP contribution is -2.04. The van der Waals surface area contributed by atoms with Gasteiger partial charge in [0.25, 0.3) is 0 Å². The van der Waals surface area contributed by atoms with Gasteiger partial charge in [-0.2, -0.15) is 0 Å². The lowest BCUT2D eigenvalue weighted by atomic mass is 10.2. The van der Waals surface area contributed by atoms with Crippen molar-refractivity contribution in [1.29, 1.82) is 0 Å². The Morgan fingerprint density at radius 2 is 1.75 bits per heavy atom. The molecule has 0 radical (unpaired) electrons. The van der Waals surface area contributed by atoms with Gasteiger partial charge in [-0.25, -0.2) is 0 Å². The summed E-state index contributed by atoms with van der Waals surface area (Å²) in [5.74, 6) is 3.20. The monoisotopic (exact) mass is 305 g/mol. The highest BCUT2D eigenvalue weighted by Crippen LogP contribution is 2.30.